The van der Waals surface area contributed by atoms with E-state index in [2.05, 4.69) is 26.6 Å². The molecule has 2 aromatic rings. The molecule has 3 heterocycles. The minimum absolute atomic E-state index is 0.175. The van der Waals surface area contributed by atoms with E-state index >= 15 is 0 Å². The Labute approximate surface area is 157 Å². The fraction of sp³-hybridized carbons (Fsp3) is 0.579. The van der Waals surface area contributed by atoms with Gasteiger partial charge in [0.2, 0.25) is 5.95 Å². The molecular weight excluding hydrogens is 351 g/mol. The molecule has 0 aliphatic carbocycles. The number of anilines is 1. The maximum absolute atomic E-state index is 13.2. The van der Waals surface area contributed by atoms with Crippen LogP contribution in [-0.2, 0) is 11.3 Å². The van der Waals surface area contributed by atoms with Gasteiger partial charge in [-0.15, -0.1) is 10.2 Å². The lowest BCUT2D eigenvalue weighted by Crippen LogP contribution is -2.25. The van der Waals surface area contributed by atoms with Crippen molar-refractivity contribution in [3.63, 3.8) is 0 Å². The van der Waals surface area contributed by atoms with Crippen LogP contribution in [0.25, 0.3) is 0 Å². The second kappa shape index (κ2) is 7.96. The van der Waals surface area contributed by atoms with E-state index in [4.69, 9.17) is 4.74 Å². The number of nitrogens with zero attached hydrogens (tertiary/aromatic N) is 4. The van der Waals surface area contributed by atoms with Gasteiger partial charge in [-0.2, -0.15) is 0 Å². The Bertz CT molecular complexity index is 724. The fourth-order valence-electron chi connectivity index (χ4n) is 3.63. The Morgan fingerprint density at radius 3 is 2.65 bits per heavy atom. The normalized spacial score (nSPS) is 21.5. The van der Waals surface area contributed by atoms with E-state index in [1.54, 1.807) is 11.8 Å². The summed E-state index contributed by atoms with van der Waals surface area (Å²) in [6.07, 6.45) is 4.88. The fourth-order valence-corrected chi connectivity index (χ4v) is 4.61. The van der Waals surface area contributed by atoms with Gasteiger partial charge in [0.1, 0.15) is 5.82 Å². The van der Waals surface area contributed by atoms with Crippen LogP contribution in [0, 0.1) is 5.82 Å². The molecule has 0 spiro atoms. The number of hydrogen-bond donors (Lipinski definition) is 0. The summed E-state index contributed by atoms with van der Waals surface area (Å²) >= 11 is 1.68. The highest BCUT2D eigenvalue weighted by Gasteiger charge is 2.26. The van der Waals surface area contributed by atoms with Gasteiger partial charge < -0.3 is 9.64 Å². The van der Waals surface area contributed by atoms with E-state index in [0.29, 0.717) is 0 Å². The van der Waals surface area contributed by atoms with Gasteiger partial charge in [-0.05, 0) is 50.3 Å². The topological polar surface area (TPSA) is 43.2 Å². The molecule has 2 aliphatic rings. The smallest absolute Gasteiger partial charge is 0.228 e. The van der Waals surface area contributed by atoms with Crippen LogP contribution in [0.2, 0.25) is 0 Å². The van der Waals surface area contributed by atoms with Crippen molar-refractivity contribution in [1.29, 1.82) is 0 Å². The van der Waals surface area contributed by atoms with Gasteiger partial charge in [-0.3, -0.25) is 4.57 Å². The highest BCUT2D eigenvalue weighted by molar-refractivity contribution is 7.99. The van der Waals surface area contributed by atoms with E-state index in [0.717, 1.165) is 55.8 Å². The molecule has 0 amide bonds. The second-order valence-electron chi connectivity index (χ2n) is 7.03. The second-order valence-corrected chi connectivity index (χ2v) is 8.34. The molecule has 2 saturated heterocycles. The predicted octanol–water partition coefficient (Wildman–Crippen LogP) is 4.05. The lowest BCUT2D eigenvalue weighted by atomic mass is 10.2. The Morgan fingerprint density at radius 1 is 1.19 bits per heavy atom. The maximum Gasteiger partial charge on any atom is 0.228 e. The summed E-state index contributed by atoms with van der Waals surface area (Å²) in [5.74, 6) is 0.760. The van der Waals surface area contributed by atoms with Gasteiger partial charge in [0.05, 0.1) is 12.6 Å². The van der Waals surface area contributed by atoms with Crippen LogP contribution in [0.5, 0.6) is 0 Å². The number of benzene rings is 1. The molecule has 1 aromatic carbocycles. The van der Waals surface area contributed by atoms with E-state index in [9.17, 15) is 4.39 Å². The summed E-state index contributed by atoms with van der Waals surface area (Å²) in [5, 5.41) is 10.1. The molecule has 2 fully saturated rings. The monoisotopic (exact) mass is 376 g/mol. The summed E-state index contributed by atoms with van der Waals surface area (Å²) in [5.41, 5.74) is 1.09. The predicted molar refractivity (Wildman–Crippen MR) is 101 cm³/mol. The molecule has 4 rings (SSSR count). The first-order valence-corrected chi connectivity index (χ1v) is 10.3. The number of hydrogen-bond acceptors (Lipinski definition) is 5. The molecule has 0 bridgehead atoms. The zero-order valence-electron chi connectivity index (χ0n) is 15.1. The molecule has 7 heteroatoms. The number of rotatable bonds is 6. The largest absolute Gasteiger partial charge is 0.376 e. The first-order valence-electron chi connectivity index (χ1n) is 9.42. The van der Waals surface area contributed by atoms with Gasteiger partial charge in [0.15, 0.2) is 5.16 Å². The molecular formula is C19H25FN4OS. The van der Waals surface area contributed by atoms with Crippen molar-refractivity contribution in [3.05, 3.63) is 35.6 Å². The van der Waals surface area contributed by atoms with Crippen molar-refractivity contribution >= 4 is 17.7 Å². The lowest BCUT2D eigenvalue weighted by molar-refractivity contribution is 0.0952. The van der Waals surface area contributed by atoms with Gasteiger partial charge in [-0.25, -0.2) is 4.39 Å². The number of aromatic nitrogens is 3. The Kier molecular flexibility index (Phi) is 5.45. The number of thioether (sulfide) groups is 1. The Morgan fingerprint density at radius 2 is 1.96 bits per heavy atom. The standard InChI is InChI=1S/C19H25FN4OS/c1-14(15-6-8-16(20)9-7-15)26-19-22-21-18(23-10-2-3-11-23)24(19)13-17-5-4-12-25-17/h6-9,14,17H,2-5,10-13H2,1H3. The molecule has 1 aromatic heterocycles. The van der Waals surface area contributed by atoms with Crippen molar-refractivity contribution in [3.8, 4) is 0 Å². The molecule has 5 nitrogen and oxygen atoms in total. The summed E-state index contributed by atoms with van der Waals surface area (Å²) < 4.78 is 21.3. The first kappa shape index (κ1) is 17.8. The molecule has 140 valence electrons. The van der Waals surface area contributed by atoms with E-state index in [1.165, 1.54) is 25.0 Å². The average Bonchev–Trinajstić information content (AvgIpc) is 3.39. The highest BCUT2D eigenvalue weighted by atomic mass is 32.2. The third-order valence-electron chi connectivity index (χ3n) is 5.12. The van der Waals surface area contributed by atoms with Crippen LogP contribution in [0.15, 0.2) is 29.4 Å². The number of ether oxygens (including phenoxy) is 1. The van der Waals surface area contributed by atoms with Crippen LogP contribution in [0.1, 0.15) is 43.4 Å². The molecule has 2 unspecified atom stereocenters. The van der Waals surface area contributed by atoms with Gasteiger partial charge >= 0.3 is 0 Å². The quantitative estimate of drug-likeness (QED) is 0.712. The van der Waals surface area contributed by atoms with Gasteiger partial charge in [-0.1, -0.05) is 23.9 Å². The van der Waals surface area contributed by atoms with E-state index in [-0.39, 0.29) is 17.2 Å². The summed E-state index contributed by atoms with van der Waals surface area (Å²) in [6, 6.07) is 6.71. The van der Waals surface area contributed by atoms with Crippen LogP contribution in [-0.4, -0.2) is 40.6 Å². The zero-order chi connectivity index (χ0) is 17.9. The zero-order valence-corrected chi connectivity index (χ0v) is 15.9. The van der Waals surface area contributed by atoms with Crippen molar-refractivity contribution in [2.24, 2.45) is 0 Å². The third kappa shape index (κ3) is 3.88. The number of halogens is 1. The van der Waals surface area contributed by atoms with Crippen molar-refractivity contribution in [2.45, 2.75) is 55.7 Å². The average molecular weight is 377 g/mol. The van der Waals surface area contributed by atoms with Gasteiger partial charge in [0, 0.05) is 24.9 Å². The first-order chi connectivity index (χ1) is 12.7. The van der Waals surface area contributed by atoms with E-state index in [1.807, 2.05) is 12.1 Å². The molecule has 0 saturated carbocycles. The summed E-state index contributed by atoms with van der Waals surface area (Å²) in [6.45, 7) is 5.86. The summed E-state index contributed by atoms with van der Waals surface area (Å²) in [4.78, 5) is 2.33. The van der Waals surface area contributed by atoms with Crippen molar-refractivity contribution in [1.82, 2.24) is 14.8 Å². The molecule has 26 heavy (non-hydrogen) atoms. The van der Waals surface area contributed by atoms with Crippen LogP contribution < -0.4 is 4.90 Å². The van der Waals surface area contributed by atoms with Crippen molar-refractivity contribution < 1.29 is 9.13 Å². The molecule has 2 aliphatic heterocycles. The Hall–Kier alpha value is -1.60. The van der Waals surface area contributed by atoms with Crippen molar-refractivity contribution in [2.75, 3.05) is 24.6 Å². The van der Waals surface area contributed by atoms with Gasteiger partial charge in [0.25, 0.3) is 0 Å². The van der Waals surface area contributed by atoms with Crippen LogP contribution >= 0.6 is 11.8 Å². The lowest BCUT2D eigenvalue weighted by Gasteiger charge is -2.21. The Balaban J connectivity index is 1.56. The molecule has 2 atom stereocenters. The van der Waals surface area contributed by atoms with Crippen LogP contribution in [0.3, 0.4) is 0 Å². The minimum atomic E-state index is -0.205. The molecule has 0 radical (unpaired) electrons. The SMILES string of the molecule is CC(Sc1nnc(N2CCCC2)n1CC1CCCO1)c1ccc(F)cc1. The third-order valence-corrected chi connectivity index (χ3v) is 6.26. The summed E-state index contributed by atoms with van der Waals surface area (Å²) in [7, 11) is 0. The van der Waals surface area contributed by atoms with Crippen LogP contribution in [0.4, 0.5) is 10.3 Å². The maximum atomic E-state index is 13.2. The minimum Gasteiger partial charge on any atom is -0.376 e. The van der Waals surface area contributed by atoms with E-state index < -0.39 is 0 Å². The molecule has 0 N–H and O–H groups in total. The highest BCUT2D eigenvalue weighted by Crippen LogP contribution is 2.36.